The van der Waals surface area contributed by atoms with Gasteiger partial charge in [0.05, 0.1) is 18.7 Å². The number of nitrogens with zero attached hydrogens (tertiary/aromatic N) is 3. The van der Waals surface area contributed by atoms with Crippen LogP contribution in [0.25, 0.3) is 0 Å². The Morgan fingerprint density at radius 1 is 1.12 bits per heavy atom. The van der Waals surface area contributed by atoms with Crippen LogP contribution in [-0.2, 0) is 9.59 Å². The van der Waals surface area contributed by atoms with Gasteiger partial charge in [0.2, 0.25) is 11.8 Å². The molecule has 25 heavy (non-hydrogen) atoms. The Labute approximate surface area is 146 Å². The van der Waals surface area contributed by atoms with E-state index in [4.69, 9.17) is 10.2 Å². The minimum absolute atomic E-state index is 0.0248. The van der Waals surface area contributed by atoms with E-state index in [1.807, 2.05) is 4.90 Å². The fraction of sp³-hybridized carbons (Fsp3) is 0.588. The summed E-state index contributed by atoms with van der Waals surface area (Å²) in [6.07, 6.45) is 3.05. The minimum Gasteiger partial charge on any atom is -0.459 e. The molecule has 3 amide bonds. The number of hydrogen-bond donors (Lipinski definition) is 1. The molecule has 2 N–H and O–H groups in total. The Morgan fingerprint density at radius 2 is 1.88 bits per heavy atom. The van der Waals surface area contributed by atoms with Gasteiger partial charge in [0, 0.05) is 39.3 Å². The highest BCUT2D eigenvalue weighted by Gasteiger charge is 2.29. The smallest absolute Gasteiger partial charge is 0.289 e. The van der Waals surface area contributed by atoms with Crippen molar-refractivity contribution in [1.82, 2.24) is 14.7 Å². The van der Waals surface area contributed by atoms with Gasteiger partial charge < -0.3 is 20.0 Å². The third kappa shape index (κ3) is 4.19. The molecule has 136 valence electrons. The number of piperazine rings is 1. The molecule has 1 unspecified atom stereocenters. The predicted molar refractivity (Wildman–Crippen MR) is 89.5 cm³/mol. The summed E-state index contributed by atoms with van der Waals surface area (Å²) in [6.45, 7) is 3.84. The third-order valence-electron chi connectivity index (χ3n) is 4.93. The second-order valence-electron chi connectivity index (χ2n) is 6.63. The molecule has 2 fully saturated rings. The van der Waals surface area contributed by atoms with Crippen molar-refractivity contribution in [2.45, 2.75) is 12.8 Å². The van der Waals surface area contributed by atoms with Crippen LogP contribution in [0.5, 0.6) is 0 Å². The van der Waals surface area contributed by atoms with Crippen LogP contribution in [0.4, 0.5) is 0 Å². The van der Waals surface area contributed by atoms with Gasteiger partial charge in [0.25, 0.3) is 5.91 Å². The van der Waals surface area contributed by atoms with E-state index in [1.165, 1.54) is 6.26 Å². The summed E-state index contributed by atoms with van der Waals surface area (Å²) in [5.74, 6) is -0.313. The Bertz CT molecular complexity index is 623. The number of nitrogens with two attached hydrogens (primary N) is 1. The average molecular weight is 348 g/mol. The van der Waals surface area contributed by atoms with Crippen LogP contribution >= 0.6 is 0 Å². The molecule has 1 aromatic heterocycles. The second-order valence-corrected chi connectivity index (χ2v) is 6.63. The second kappa shape index (κ2) is 7.69. The maximum atomic E-state index is 12.5. The number of carbonyl (C=O) groups is 3. The van der Waals surface area contributed by atoms with E-state index in [2.05, 4.69) is 0 Å². The number of rotatable bonds is 4. The van der Waals surface area contributed by atoms with E-state index in [1.54, 1.807) is 21.9 Å². The first-order valence-electron chi connectivity index (χ1n) is 8.67. The lowest BCUT2D eigenvalue weighted by atomic mass is 9.97. The average Bonchev–Trinajstić information content (AvgIpc) is 3.16. The zero-order chi connectivity index (χ0) is 17.8. The minimum atomic E-state index is -0.331. The van der Waals surface area contributed by atoms with Gasteiger partial charge in [-0.2, -0.15) is 0 Å². The van der Waals surface area contributed by atoms with E-state index in [0.29, 0.717) is 51.6 Å². The number of furan rings is 1. The van der Waals surface area contributed by atoms with E-state index in [9.17, 15) is 14.4 Å². The van der Waals surface area contributed by atoms with Gasteiger partial charge in [-0.15, -0.1) is 0 Å². The van der Waals surface area contributed by atoms with Crippen molar-refractivity contribution in [3.63, 3.8) is 0 Å². The Balaban J connectivity index is 1.46. The van der Waals surface area contributed by atoms with Crippen LogP contribution in [0, 0.1) is 5.92 Å². The molecule has 2 saturated heterocycles. The standard InChI is InChI=1S/C17H24N4O4/c18-16(23)13-3-1-5-21(11-13)15(22)12-19-6-8-20(9-7-19)17(24)14-4-2-10-25-14/h2,4,10,13H,1,3,5-9,11-12H2,(H2,18,23). The highest BCUT2D eigenvalue weighted by Crippen LogP contribution is 2.17. The third-order valence-corrected chi connectivity index (χ3v) is 4.93. The first-order valence-corrected chi connectivity index (χ1v) is 8.67. The summed E-state index contributed by atoms with van der Waals surface area (Å²) >= 11 is 0. The molecular weight excluding hydrogens is 324 g/mol. The van der Waals surface area contributed by atoms with E-state index < -0.39 is 0 Å². The monoisotopic (exact) mass is 348 g/mol. The van der Waals surface area contributed by atoms with Crippen LogP contribution in [-0.4, -0.2) is 78.2 Å². The topological polar surface area (TPSA) is 100 Å². The number of primary amides is 1. The number of likely N-dealkylation sites (tertiary alicyclic amines) is 1. The molecule has 0 aromatic carbocycles. The first kappa shape index (κ1) is 17.5. The zero-order valence-electron chi connectivity index (χ0n) is 14.2. The normalized spacial score (nSPS) is 22.0. The summed E-state index contributed by atoms with van der Waals surface area (Å²) in [7, 11) is 0. The van der Waals surface area contributed by atoms with Gasteiger partial charge in [-0.1, -0.05) is 0 Å². The maximum absolute atomic E-state index is 12.5. The molecule has 0 aliphatic carbocycles. The lowest BCUT2D eigenvalue weighted by Crippen LogP contribution is -2.53. The van der Waals surface area contributed by atoms with Crippen LogP contribution in [0.1, 0.15) is 23.4 Å². The van der Waals surface area contributed by atoms with Crippen molar-refractivity contribution in [3.05, 3.63) is 24.2 Å². The predicted octanol–water partition coefficient (Wildman–Crippen LogP) is -0.239. The highest BCUT2D eigenvalue weighted by molar-refractivity contribution is 5.91. The number of carbonyl (C=O) groups excluding carboxylic acids is 3. The van der Waals surface area contributed by atoms with Crippen molar-refractivity contribution >= 4 is 17.7 Å². The molecule has 2 aliphatic rings. The molecule has 1 aromatic rings. The SMILES string of the molecule is NC(=O)C1CCCN(C(=O)CN2CCN(C(=O)c3ccco3)CC2)C1. The first-order chi connectivity index (χ1) is 12.0. The van der Waals surface area contributed by atoms with Crippen molar-refractivity contribution in [2.75, 3.05) is 45.8 Å². The summed E-state index contributed by atoms with van der Waals surface area (Å²) in [5.41, 5.74) is 5.37. The van der Waals surface area contributed by atoms with Crippen LogP contribution in [0.2, 0.25) is 0 Å². The Morgan fingerprint density at radius 3 is 2.52 bits per heavy atom. The van der Waals surface area contributed by atoms with Crippen molar-refractivity contribution < 1.29 is 18.8 Å². The lowest BCUT2D eigenvalue weighted by molar-refractivity contribution is -0.136. The van der Waals surface area contributed by atoms with E-state index in [-0.39, 0.29) is 23.6 Å². The van der Waals surface area contributed by atoms with Gasteiger partial charge in [0.15, 0.2) is 5.76 Å². The summed E-state index contributed by atoms with van der Waals surface area (Å²) in [4.78, 5) is 41.6. The largest absolute Gasteiger partial charge is 0.459 e. The van der Waals surface area contributed by atoms with E-state index in [0.717, 1.165) is 12.8 Å². The van der Waals surface area contributed by atoms with Gasteiger partial charge in [-0.3, -0.25) is 19.3 Å². The van der Waals surface area contributed by atoms with E-state index >= 15 is 0 Å². The molecular formula is C17H24N4O4. The Hall–Kier alpha value is -2.35. The molecule has 0 bridgehead atoms. The number of hydrogen-bond acceptors (Lipinski definition) is 5. The fourth-order valence-corrected chi connectivity index (χ4v) is 3.39. The maximum Gasteiger partial charge on any atom is 0.289 e. The van der Waals surface area contributed by atoms with Crippen molar-refractivity contribution in [2.24, 2.45) is 11.7 Å². The molecule has 3 heterocycles. The van der Waals surface area contributed by atoms with Gasteiger partial charge in [-0.05, 0) is 25.0 Å². The zero-order valence-corrected chi connectivity index (χ0v) is 14.2. The van der Waals surface area contributed by atoms with Crippen molar-refractivity contribution in [1.29, 1.82) is 0 Å². The highest BCUT2D eigenvalue weighted by atomic mass is 16.3. The van der Waals surface area contributed by atoms with Crippen molar-refractivity contribution in [3.8, 4) is 0 Å². The molecule has 0 spiro atoms. The lowest BCUT2D eigenvalue weighted by Gasteiger charge is -2.36. The number of piperidine rings is 1. The summed E-state index contributed by atoms with van der Waals surface area (Å²) in [5, 5.41) is 0. The van der Waals surface area contributed by atoms with Crippen LogP contribution in [0.15, 0.2) is 22.8 Å². The van der Waals surface area contributed by atoms with Crippen LogP contribution in [0.3, 0.4) is 0 Å². The molecule has 8 nitrogen and oxygen atoms in total. The summed E-state index contributed by atoms with van der Waals surface area (Å²) < 4.78 is 5.15. The molecule has 8 heteroatoms. The molecule has 0 saturated carbocycles. The molecule has 2 aliphatic heterocycles. The Kier molecular flexibility index (Phi) is 5.37. The van der Waals surface area contributed by atoms with Crippen LogP contribution < -0.4 is 5.73 Å². The molecule has 3 rings (SSSR count). The number of amides is 3. The molecule has 0 radical (unpaired) electrons. The fourth-order valence-electron chi connectivity index (χ4n) is 3.39. The van der Waals surface area contributed by atoms with Gasteiger partial charge in [-0.25, -0.2) is 0 Å². The summed E-state index contributed by atoms with van der Waals surface area (Å²) in [6, 6.07) is 3.35. The molecule has 1 atom stereocenters. The quantitative estimate of drug-likeness (QED) is 0.809. The van der Waals surface area contributed by atoms with Gasteiger partial charge >= 0.3 is 0 Å². The van der Waals surface area contributed by atoms with Gasteiger partial charge in [0.1, 0.15) is 0 Å².